The molecule has 0 rings (SSSR count). The van der Waals surface area contributed by atoms with E-state index in [2.05, 4.69) is 43.5 Å². The number of hydrogen-bond donors (Lipinski definition) is 3. The largest absolute Gasteiger partial charge is 0.466 e. The lowest BCUT2D eigenvalue weighted by molar-refractivity contribution is -0.143. The summed E-state index contributed by atoms with van der Waals surface area (Å²) < 4.78 is 5.51. The first-order valence-corrected chi connectivity index (χ1v) is 38.8. The van der Waals surface area contributed by atoms with Crippen LogP contribution in [0.3, 0.4) is 0 Å². The van der Waals surface area contributed by atoms with Gasteiger partial charge in [-0.25, -0.2) is 0 Å². The lowest BCUT2D eigenvalue weighted by Crippen LogP contribution is -2.45. The average molecular weight is 1200 g/mol. The minimum Gasteiger partial charge on any atom is -0.466 e. The number of aliphatic hydroxyl groups excluding tert-OH is 2. The van der Waals surface area contributed by atoms with Crippen LogP contribution in [0.5, 0.6) is 0 Å². The van der Waals surface area contributed by atoms with Crippen LogP contribution in [0.25, 0.3) is 0 Å². The minimum absolute atomic E-state index is 0.0189. The van der Waals surface area contributed by atoms with Crippen LogP contribution in [-0.2, 0) is 14.3 Å². The van der Waals surface area contributed by atoms with Crippen LogP contribution in [0.1, 0.15) is 431 Å². The van der Waals surface area contributed by atoms with Gasteiger partial charge in [-0.15, -0.1) is 0 Å². The standard InChI is InChI=1S/C79H151NO5/c1-3-5-7-9-11-13-15-17-18-19-42-45-49-53-57-61-65-69-73-79(84)85-74-70-66-62-58-54-50-46-43-40-38-36-34-32-30-28-26-24-22-20-21-23-25-27-29-31-33-35-37-39-41-44-48-52-56-60-64-68-72-78(83)80-76(75-81)77(82)71-67-63-59-55-51-47-16-14-12-10-8-6-4-2/h18-20,22,67,71,76-77,81-82H,3-17,21,23-66,68-70,72-75H2,1-2H3,(H,80,83)/b19-18-,22-20-,71-67+. The maximum absolute atomic E-state index is 12.5. The summed E-state index contributed by atoms with van der Waals surface area (Å²) in [5.74, 6) is -0.0434. The van der Waals surface area contributed by atoms with Crippen LogP contribution in [0.15, 0.2) is 36.5 Å². The number of carbonyl (C=O) groups excluding carboxylic acids is 2. The molecule has 0 fully saturated rings. The van der Waals surface area contributed by atoms with E-state index in [1.165, 1.54) is 366 Å². The molecule has 1 amide bonds. The molecule has 0 radical (unpaired) electrons. The molecule has 0 bridgehead atoms. The highest BCUT2D eigenvalue weighted by molar-refractivity contribution is 5.76. The van der Waals surface area contributed by atoms with E-state index in [-0.39, 0.29) is 18.5 Å². The van der Waals surface area contributed by atoms with Crippen molar-refractivity contribution in [1.82, 2.24) is 5.32 Å². The highest BCUT2D eigenvalue weighted by Gasteiger charge is 2.18. The van der Waals surface area contributed by atoms with Crippen molar-refractivity contribution in [2.45, 2.75) is 443 Å². The highest BCUT2D eigenvalue weighted by atomic mass is 16.5. The number of carbonyl (C=O) groups is 2. The van der Waals surface area contributed by atoms with E-state index < -0.39 is 12.1 Å². The molecule has 0 aromatic carbocycles. The maximum atomic E-state index is 12.5. The predicted molar refractivity (Wildman–Crippen MR) is 375 cm³/mol. The summed E-state index contributed by atoms with van der Waals surface area (Å²) in [7, 11) is 0. The van der Waals surface area contributed by atoms with E-state index >= 15 is 0 Å². The van der Waals surface area contributed by atoms with E-state index in [4.69, 9.17) is 4.74 Å². The first-order chi connectivity index (χ1) is 42.0. The Morgan fingerprint density at radius 1 is 0.318 bits per heavy atom. The van der Waals surface area contributed by atoms with Gasteiger partial charge in [0.2, 0.25) is 5.91 Å². The Bertz CT molecular complexity index is 1380. The van der Waals surface area contributed by atoms with Gasteiger partial charge >= 0.3 is 5.97 Å². The molecule has 0 saturated heterocycles. The zero-order valence-corrected chi connectivity index (χ0v) is 57.6. The summed E-state index contributed by atoms with van der Waals surface area (Å²) in [5.41, 5.74) is 0. The lowest BCUT2D eigenvalue weighted by atomic mass is 10.0. The van der Waals surface area contributed by atoms with Crippen LogP contribution in [0.2, 0.25) is 0 Å². The molecular formula is C79H151NO5. The number of hydrogen-bond acceptors (Lipinski definition) is 5. The number of aliphatic hydroxyl groups is 2. The van der Waals surface area contributed by atoms with Gasteiger partial charge in [0.1, 0.15) is 0 Å². The molecule has 0 heterocycles. The van der Waals surface area contributed by atoms with Gasteiger partial charge in [0.05, 0.1) is 25.4 Å². The fourth-order valence-corrected chi connectivity index (χ4v) is 12.2. The molecule has 85 heavy (non-hydrogen) atoms. The van der Waals surface area contributed by atoms with Gasteiger partial charge in [0.15, 0.2) is 0 Å². The smallest absolute Gasteiger partial charge is 0.305 e. The number of amides is 1. The monoisotopic (exact) mass is 1190 g/mol. The summed E-state index contributed by atoms with van der Waals surface area (Å²) in [6.07, 6.45) is 97.0. The Hall–Kier alpha value is -1.92. The van der Waals surface area contributed by atoms with Crippen molar-refractivity contribution in [3.05, 3.63) is 36.5 Å². The van der Waals surface area contributed by atoms with Crippen LogP contribution >= 0.6 is 0 Å². The summed E-state index contributed by atoms with van der Waals surface area (Å²) in [6, 6.07) is -0.624. The van der Waals surface area contributed by atoms with Gasteiger partial charge in [-0.2, -0.15) is 0 Å². The molecule has 2 atom stereocenters. The summed E-state index contributed by atoms with van der Waals surface area (Å²) in [5, 5.41) is 23.1. The fraction of sp³-hybridized carbons (Fsp3) is 0.899. The summed E-state index contributed by atoms with van der Waals surface area (Å²) in [6.45, 7) is 4.93. The van der Waals surface area contributed by atoms with Gasteiger partial charge in [0, 0.05) is 12.8 Å². The minimum atomic E-state index is -0.841. The van der Waals surface area contributed by atoms with E-state index in [0.717, 1.165) is 38.5 Å². The topological polar surface area (TPSA) is 95.9 Å². The van der Waals surface area contributed by atoms with Crippen molar-refractivity contribution in [3.8, 4) is 0 Å². The van der Waals surface area contributed by atoms with Crippen LogP contribution in [0.4, 0.5) is 0 Å². The Balaban J connectivity index is 3.32. The van der Waals surface area contributed by atoms with Crippen molar-refractivity contribution in [2.24, 2.45) is 0 Å². The number of unbranched alkanes of at least 4 members (excludes halogenated alkanes) is 58. The molecule has 0 saturated carbocycles. The van der Waals surface area contributed by atoms with E-state index in [1.807, 2.05) is 6.08 Å². The van der Waals surface area contributed by atoms with Crippen LogP contribution < -0.4 is 5.32 Å². The molecule has 2 unspecified atom stereocenters. The first kappa shape index (κ1) is 83.1. The molecule has 0 aliphatic rings. The third-order valence-electron chi connectivity index (χ3n) is 18.1. The quantitative estimate of drug-likeness (QED) is 0.0320. The Morgan fingerprint density at radius 3 is 0.835 bits per heavy atom. The second kappa shape index (κ2) is 74.5. The molecule has 0 aromatic rings. The Morgan fingerprint density at radius 2 is 0.553 bits per heavy atom. The SMILES string of the molecule is CCCCCCCCC/C=C\CCCCCCCCCC(=O)OCCCCCCCCCCCCCCCCCC/C=C\CCCCCCCCCCCCCCCCCCCC(=O)NC(CO)C(O)/C=C/CCCCCCCCCCCCC. The molecule has 502 valence electrons. The lowest BCUT2D eigenvalue weighted by Gasteiger charge is -2.20. The molecule has 0 aliphatic heterocycles. The van der Waals surface area contributed by atoms with Gasteiger partial charge in [-0.05, 0) is 83.5 Å². The van der Waals surface area contributed by atoms with Crippen molar-refractivity contribution in [1.29, 1.82) is 0 Å². The summed E-state index contributed by atoms with van der Waals surface area (Å²) >= 11 is 0. The van der Waals surface area contributed by atoms with Crippen molar-refractivity contribution < 1.29 is 24.5 Å². The second-order valence-corrected chi connectivity index (χ2v) is 26.7. The fourth-order valence-electron chi connectivity index (χ4n) is 12.2. The van der Waals surface area contributed by atoms with Crippen molar-refractivity contribution in [3.63, 3.8) is 0 Å². The highest BCUT2D eigenvalue weighted by Crippen LogP contribution is 2.19. The van der Waals surface area contributed by atoms with Crippen LogP contribution in [0, 0.1) is 0 Å². The molecule has 0 aliphatic carbocycles. The molecule has 3 N–H and O–H groups in total. The number of esters is 1. The zero-order valence-electron chi connectivity index (χ0n) is 57.6. The Labute approximate surface area is 532 Å². The Kier molecular flexibility index (Phi) is 72.9. The summed E-state index contributed by atoms with van der Waals surface area (Å²) in [4.78, 5) is 24.6. The van der Waals surface area contributed by atoms with Gasteiger partial charge < -0.3 is 20.3 Å². The van der Waals surface area contributed by atoms with E-state index in [0.29, 0.717) is 19.4 Å². The van der Waals surface area contributed by atoms with Gasteiger partial charge in [-0.3, -0.25) is 9.59 Å². The third kappa shape index (κ3) is 71.0. The van der Waals surface area contributed by atoms with Gasteiger partial charge in [-0.1, -0.05) is 371 Å². The predicted octanol–water partition coefficient (Wildman–Crippen LogP) is 25.4. The first-order valence-electron chi connectivity index (χ1n) is 38.8. The molecule has 6 nitrogen and oxygen atoms in total. The average Bonchev–Trinajstić information content (AvgIpc) is 3.50. The third-order valence-corrected chi connectivity index (χ3v) is 18.1. The molecule has 6 heteroatoms. The van der Waals surface area contributed by atoms with Crippen molar-refractivity contribution in [2.75, 3.05) is 13.2 Å². The van der Waals surface area contributed by atoms with Crippen LogP contribution in [-0.4, -0.2) is 47.4 Å². The normalized spacial score (nSPS) is 12.7. The van der Waals surface area contributed by atoms with Crippen molar-refractivity contribution >= 4 is 11.9 Å². The molecular weight excluding hydrogens is 1040 g/mol. The number of rotatable bonds is 73. The molecule has 0 aromatic heterocycles. The number of nitrogens with one attached hydrogen (secondary N) is 1. The number of ether oxygens (including phenoxy) is 1. The second-order valence-electron chi connectivity index (χ2n) is 26.7. The van der Waals surface area contributed by atoms with E-state index in [9.17, 15) is 19.8 Å². The molecule has 0 spiro atoms. The number of allylic oxidation sites excluding steroid dienone is 5. The van der Waals surface area contributed by atoms with Gasteiger partial charge in [0.25, 0.3) is 0 Å². The zero-order chi connectivity index (χ0) is 61.3. The van der Waals surface area contributed by atoms with E-state index in [1.54, 1.807) is 6.08 Å². The maximum Gasteiger partial charge on any atom is 0.305 e.